The van der Waals surface area contributed by atoms with Crippen LogP contribution in [-0.4, -0.2) is 16.7 Å². The molecular formula is C36H32N2. The van der Waals surface area contributed by atoms with Gasteiger partial charge in [-0.05, 0) is 78.3 Å². The van der Waals surface area contributed by atoms with Gasteiger partial charge in [0.1, 0.15) is 0 Å². The molecule has 2 nitrogen and oxygen atoms in total. The lowest BCUT2D eigenvalue weighted by Gasteiger charge is -2.34. The van der Waals surface area contributed by atoms with Crippen molar-refractivity contribution in [3.63, 3.8) is 0 Å². The van der Waals surface area contributed by atoms with E-state index >= 15 is 0 Å². The van der Waals surface area contributed by atoms with Crippen LogP contribution in [0, 0.1) is 5.92 Å². The molecule has 1 aliphatic heterocycles. The monoisotopic (exact) mass is 492 g/mol. The highest BCUT2D eigenvalue weighted by Gasteiger charge is 2.51. The molecule has 3 aliphatic carbocycles. The van der Waals surface area contributed by atoms with Gasteiger partial charge in [-0.25, -0.2) is 0 Å². The Kier molecular flexibility index (Phi) is 5.07. The first kappa shape index (κ1) is 22.0. The largest absolute Gasteiger partial charge is 0.361 e. The van der Waals surface area contributed by atoms with E-state index in [0.29, 0.717) is 23.9 Å². The smallest absolute Gasteiger partial charge is 0.0556 e. The molecule has 0 saturated carbocycles. The number of hydrogen-bond acceptors (Lipinski definition) is 1. The van der Waals surface area contributed by atoms with Crippen molar-refractivity contribution in [2.45, 2.75) is 43.7 Å². The zero-order chi connectivity index (χ0) is 25.1. The van der Waals surface area contributed by atoms with E-state index in [2.05, 4.69) is 131 Å². The van der Waals surface area contributed by atoms with Crippen molar-refractivity contribution < 1.29 is 0 Å². The Hall–Kier alpha value is -4.04. The summed E-state index contributed by atoms with van der Waals surface area (Å²) in [6, 6.07) is 31.9. The molecule has 38 heavy (non-hydrogen) atoms. The Labute approximate surface area is 225 Å². The van der Waals surface area contributed by atoms with Crippen molar-refractivity contribution in [2.75, 3.05) is 4.90 Å². The van der Waals surface area contributed by atoms with Gasteiger partial charge in [0.25, 0.3) is 0 Å². The number of allylic oxidation sites excluding steroid dienone is 2. The number of aromatic nitrogens is 1. The van der Waals surface area contributed by atoms with E-state index in [1.807, 2.05) is 0 Å². The number of nitrogens with zero attached hydrogens (tertiary/aromatic N) is 2. The fourth-order valence-corrected chi connectivity index (χ4v) is 7.67. The molecule has 0 spiro atoms. The van der Waals surface area contributed by atoms with E-state index in [0.717, 1.165) is 19.3 Å². The van der Waals surface area contributed by atoms with Crippen LogP contribution in [0.1, 0.15) is 47.7 Å². The summed E-state index contributed by atoms with van der Waals surface area (Å²) in [7, 11) is 0. The van der Waals surface area contributed by atoms with E-state index in [1.54, 1.807) is 5.56 Å². The maximum atomic E-state index is 2.77. The molecule has 3 aromatic carbocycles. The van der Waals surface area contributed by atoms with E-state index in [9.17, 15) is 0 Å². The molecule has 2 heteroatoms. The van der Waals surface area contributed by atoms with E-state index in [-0.39, 0.29) is 0 Å². The van der Waals surface area contributed by atoms with Crippen LogP contribution in [0.3, 0.4) is 0 Å². The van der Waals surface area contributed by atoms with Gasteiger partial charge in [-0.1, -0.05) is 91.0 Å². The fourth-order valence-electron chi connectivity index (χ4n) is 7.67. The molecule has 0 bridgehead atoms. The predicted molar refractivity (Wildman–Crippen MR) is 159 cm³/mol. The molecule has 0 radical (unpaired) electrons. The van der Waals surface area contributed by atoms with Gasteiger partial charge < -0.3 is 9.47 Å². The summed E-state index contributed by atoms with van der Waals surface area (Å²) in [4.78, 5) is 2.77. The summed E-state index contributed by atoms with van der Waals surface area (Å²) in [6.07, 6.45) is 19.3. The van der Waals surface area contributed by atoms with Crippen molar-refractivity contribution in [1.82, 2.24) is 4.57 Å². The van der Waals surface area contributed by atoms with Crippen molar-refractivity contribution in [3.05, 3.63) is 132 Å². The lowest BCUT2D eigenvalue weighted by Crippen LogP contribution is -2.38. The Bertz CT molecular complexity index is 1590. The maximum absolute atomic E-state index is 2.77. The number of anilines is 1. The van der Waals surface area contributed by atoms with Crippen molar-refractivity contribution in [1.29, 1.82) is 0 Å². The minimum Gasteiger partial charge on any atom is -0.361 e. The predicted octanol–water partition coefficient (Wildman–Crippen LogP) is 8.44. The molecule has 4 aliphatic rings. The quantitative estimate of drug-likeness (QED) is 0.261. The summed E-state index contributed by atoms with van der Waals surface area (Å²) in [5, 5.41) is 0. The Balaban J connectivity index is 1.30. The lowest BCUT2D eigenvalue weighted by atomic mass is 9.75. The first-order valence-electron chi connectivity index (χ1n) is 14.2. The molecule has 4 aromatic rings. The number of benzene rings is 3. The molecule has 1 fully saturated rings. The first-order chi connectivity index (χ1) is 18.9. The molecule has 1 aromatic heterocycles. The second kappa shape index (κ2) is 8.77. The summed E-state index contributed by atoms with van der Waals surface area (Å²) < 4.78 is 2.56. The highest BCUT2D eigenvalue weighted by atomic mass is 15.2. The molecule has 2 heterocycles. The number of para-hydroxylation sites is 1. The van der Waals surface area contributed by atoms with Gasteiger partial charge in [0.15, 0.2) is 0 Å². The van der Waals surface area contributed by atoms with Gasteiger partial charge in [0.05, 0.1) is 6.04 Å². The third-order valence-electron chi connectivity index (χ3n) is 9.16. The minimum atomic E-state index is 0.359. The molecular weight excluding hydrogens is 460 g/mol. The number of fused-ring (bicyclic) bond motifs is 7. The molecule has 4 unspecified atom stereocenters. The van der Waals surface area contributed by atoms with E-state index < -0.39 is 0 Å². The average Bonchev–Trinajstić information content (AvgIpc) is 3.51. The highest BCUT2D eigenvalue weighted by molar-refractivity contribution is 5.76. The Morgan fingerprint density at radius 3 is 2.34 bits per heavy atom. The van der Waals surface area contributed by atoms with Gasteiger partial charge in [0.2, 0.25) is 0 Å². The molecule has 186 valence electrons. The standard InChI is InChI=1S/C36H32N2/c1-3-12-25(13-4-1)26-14-11-17-28(24-26)38-32-21-10-8-19-30(32)36-34(38)23-22-33-35(36)29-18-7-9-20-31(29)37(33)27-15-5-2-6-16-27/h1-8,11-19,22-24,30,32,34,36H,9-10,20-21H2. The first-order valence-corrected chi connectivity index (χ1v) is 14.2. The third-order valence-corrected chi connectivity index (χ3v) is 9.16. The van der Waals surface area contributed by atoms with Crippen molar-refractivity contribution in [3.8, 4) is 16.8 Å². The molecule has 0 N–H and O–H groups in total. The molecule has 1 saturated heterocycles. The van der Waals surface area contributed by atoms with Gasteiger partial charge in [-0.3, -0.25) is 0 Å². The average molecular weight is 493 g/mol. The van der Waals surface area contributed by atoms with Gasteiger partial charge in [-0.2, -0.15) is 0 Å². The SMILES string of the molecule is C1=Cc2c3c(n(-c4ccccc4)c2CC1)C=CC1C3C2C=CCCC2N1c1cccc(-c2ccccc2)c1. The van der Waals surface area contributed by atoms with Crippen molar-refractivity contribution >= 4 is 17.8 Å². The number of hydrogen-bond donors (Lipinski definition) is 0. The molecule has 8 rings (SSSR count). The Morgan fingerprint density at radius 2 is 1.47 bits per heavy atom. The number of rotatable bonds is 3. The van der Waals surface area contributed by atoms with E-state index in [4.69, 9.17) is 0 Å². The van der Waals surface area contributed by atoms with Crippen LogP contribution in [0.15, 0.2) is 109 Å². The van der Waals surface area contributed by atoms with Crippen LogP contribution in [0.5, 0.6) is 0 Å². The van der Waals surface area contributed by atoms with Gasteiger partial charge in [-0.15, -0.1) is 0 Å². The Morgan fingerprint density at radius 1 is 0.684 bits per heavy atom. The molecule has 4 atom stereocenters. The lowest BCUT2D eigenvalue weighted by molar-refractivity contribution is 0.474. The van der Waals surface area contributed by atoms with Gasteiger partial charge in [0, 0.05) is 40.6 Å². The zero-order valence-electron chi connectivity index (χ0n) is 21.6. The second-order valence-electron chi connectivity index (χ2n) is 11.1. The highest BCUT2D eigenvalue weighted by Crippen LogP contribution is 2.54. The normalized spacial score (nSPS) is 24.6. The van der Waals surface area contributed by atoms with Crippen LogP contribution >= 0.6 is 0 Å². The van der Waals surface area contributed by atoms with Crippen LogP contribution in [-0.2, 0) is 6.42 Å². The summed E-state index contributed by atoms with van der Waals surface area (Å²) in [5.41, 5.74) is 11.1. The minimum absolute atomic E-state index is 0.359. The summed E-state index contributed by atoms with van der Waals surface area (Å²) >= 11 is 0. The topological polar surface area (TPSA) is 8.17 Å². The zero-order valence-corrected chi connectivity index (χ0v) is 21.6. The summed E-state index contributed by atoms with van der Waals surface area (Å²) in [5.74, 6) is 0.974. The molecule has 0 amide bonds. The van der Waals surface area contributed by atoms with Gasteiger partial charge >= 0.3 is 0 Å². The van der Waals surface area contributed by atoms with E-state index in [1.165, 1.54) is 45.9 Å². The van der Waals surface area contributed by atoms with Crippen molar-refractivity contribution in [2.24, 2.45) is 5.92 Å². The second-order valence-corrected chi connectivity index (χ2v) is 11.1. The van der Waals surface area contributed by atoms with Crippen LogP contribution in [0.4, 0.5) is 5.69 Å². The maximum Gasteiger partial charge on any atom is 0.0556 e. The summed E-state index contributed by atoms with van der Waals surface area (Å²) in [6.45, 7) is 0. The fraction of sp³-hybridized carbons (Fsp3) is 0.222. The van der Waals surface area contributed by atoms with Crippen LogP contribution in [0.2, 0.25) is 0 Å². The third kappa shape index (κ3) is 3.26. The van der Waals surface area contributed by atoms with Crippen LogP contribution in [0.25, 0.3) is 29.0 Å². The van der Waals surface area contributed by atoms with Crippen LogP contribution < -0.4 is 4.90 Å².